The van der Waals surface area contributed by atoms with Crippen LogP contribution in [0, 0.1) is 26.7 Å². The zero-order valence-electron chi connectivity index (χ0n) is 12.5. The molecule has 3 heteroatoms. The highest BCUT2D eigenvalue weighted by atomic mass is 16.1. The second-order valence-electron chi connectivity index (χ2n) is 5.51. The van der Waals surface area contributed by atoms with Crippen molar-refractivity contribution in [1.82, 2.24) is 5.32 Å². The van der Waals surface area contributed by atoms with Gasteiger partial charge in [0, 0.05) is 13.0 Å². The largest absolute Gasteiger partial charge is 0.356 e. The van der Waals surface area contributed by atoms with E-state index in [1.54, 1.807) is 0 Å². The Morgan fingerprint density at radius 1 is 1.21 bits per heavy atom. The number of aryl methyl sites for hydroxylation is 4. The average molecular weight is 262 g/mol. The summed E-state index contributed by atoms with van der Waals surface area (Å²) in [6, 6.07) is 4.39. The predicted octanol–water partition coefficient (Wildman–Crippen LogP) is 2.26. The minimum atomic E-state index is 0.109. The van der Waals surface area contributed by atoms with Gasteiger partial charge in [-0.25, -0.2) is 0 Å². The Hall–Kier alpha value is -1.35. The molecule has 1 aromatic rings. The Balaban J connectivity index is 2.48. The van der Waals surface area contributed by atoms with Gasteiger partial charge in [-0.1, -0.05) is 19.1 Å². The highest BCUT2D eigenvalue weighted by Gasteiger charge is 2.07. The molecule has 0 saturated heterocycles. The maximum atomic E-state index is 11.7. The number of amides is 1. The van der Waals surface area contributed by atoms with Crippen molar-refractivity contribution in [2.75, 3.05) is 13.1 Å². The van der Waals surface area contributed by atoms with E-state index in [2.05, 4.69) is 38.2 Å². The van der Waals surface area contributed by atoms with Gasteiger partial charge in [0.25, 0.3) is 0 Å². The van der Waals surface area contributed by atoms with Gasteiger partial charge in [0.2, 0.25) is 5.91 Å². The van der Waals surface area contributed by atoms with E-state index in [0.717, 1.165) is 6.42 Å². The standard InChI is InChI=1S/C16H26N2O/c1-11(9-17)10-18-16(19)6-5-15-8-13(3)12(2)7-14(15)4/h7-8,11H,5-6,9-10,17H2,1-4H3,(H,18,19). The summed E-state index contributed by atoms with van der Waals surface area (Å²) in [5, 5.41) is 2.93. The van der Waals surface area contributed by atoms with Gasteiger partial charge in [0.1, 0.15) is 0 Å². The Kier molecular flexibility index (Phi) is 6.03. The fourth-order valence-corrected chi connectivity index (χ4v) is 2.00. The number of nitrogens with two attached hydrogens (primary N) is 1. The van der Waals surface area contributed by atoms with Gasteiger partial charge in [0.15, 0.2) is 0 Å². The molecular formula is C16H26N2O. The minimum Gasteiger partial charge on any atom is -0.356 e. The van der Waals surface area contributed by atoms with E-state index in [9.17, 15) is 4.79 Å². The molecule has 0 fully saturated rings. The number of carbonyl (C=O) groups excluding carboxylic acids is 1. The van der Waals surface area contributed by atoms with Crippen LogP contribution in [0.2, 0.25) is 0 Å². The number of rotatable bonds is 6. The zero-order chi connectivity index (χ0) is 14.4. The molecule has 3 N–H and O–H groups in total. The van der Waals surface area contributed by atoms with Crippen molar-refractivity contribution < 1.29 is 4.79 Å². The second kappa shape index (κ2) is 7.29. The summed E-state index contributed by atoms with van der Waals surface area (Å²) >= 11 is 0. The van der Waals surface area contributed by atoms with E-state index in [-0.39, 0.29) is 5.91 Å². The van der Waals surface area contributed by atoms with E-state index >= 15 is 0 Å². The summed E-state index contributed by atoms with van der Waals surface area (Å²) in [5.41, 5.74) is 10.7. The molecule has 0 aromatic heterocycles. The smallest absolute Gasteiger partial charge is 0.220 e. The van der Waals surface area contributed by atoms with Gasteiger partial charge in [-0.3, -0.25) is 4.79 Å². The molecule has 0 spiro atoms. The SMILES string of the molecule is Cc1cc(C)c(CCC(=O)NCC(C)CN)cc1C. The van der Waals surface area contributed by atoms with Crippen molar-refractivity contribution >= 4 is 5.91 Å². The third kappa shape index (κ3) is 5.03. The Morgan fingerprint density at radius 3 is 2.47 bits per heavy atom. The molecule has 0 saturated carbocycles. The monoisotopic (exact) mass is 262 g/mol. The van der Waals surface area contributed by atoms with E-state index < -0.39 is 0 Å². The predicted molar refractivity (Wildman–Crippen MR) is 80.2 cm³/mol. The highest BCUT2D eigenvalue weighted by molar-refractivity contribution is 5.76. The lowest BCUT2D eigenvalue weighted by atomic mass is 9.97. The molecule has 3 nitrogen and oxygen atoms in total. The molecule has 0 heterocycles. The number of carbonyl (C=O) groups is 1. The topological polar surface area (TPSA) is 55.1 Å². The van der Waals surface area contributed by atoms with Crippen molar-refractivity contribution in [3.8, 4) is 0 Å². The maximum Gasteiger partial charge on any atom is 0.220 e. The molecule has 1 rings (SSSR count). The molecule has 1 aromatic carbocycles. The highest BCUT2D eigenvalue weighted by Crippen LogP contribution is 2.16. The molecule has 0 aliphatic heterocycles. The van der Waals surface area contributed by atoms with Crippen LogP contribution in [0.3, 0.4) is 0 Å². The fourth-order valence-electron chi connectivity index (χ4n) is 2.00. The fraction of sp³-hybridized carbons (Fsp3) is 0.562. The lowest BCUT2D eigenvalue weighted by molar-refractivity contribution is -0.121. The second-order valence-corrected chi connectivity index (χ2v) is 5.51. The van der Waals surface area contributed by atoms with Crippen LogP contribution >= 0.6 is 0 Å². The Labute approximate surface area is 116 Å². The third-order valence-electron chi connectivity index (χ3n) is 3.62. The normalized spacial score (nSPS) is 12.3. The minimum absolute atomic E-state index is 0.109. The van der Waals surface area contributed by atoms with Gasteiger partial charge in [-0.15, -0.1) is 0 Å². The summed E-state index contributed by atoms with van der Waals surface area (Å²) in [4.78, 5) is 11.7. The lowest BCUT2D eigenvalue weighted by Crippen LogP contribution is -2.31. The van der Waals surface area contributed by atoms with E-state index in [1.165, 1.54) is 22.3 Å². The van der Waals surface area contributed by atoms with Crippen molar-refractivity contribution in [2.24, 2.45) is 11.7 Å². The molecule has 0 radical (unpaired) electrons. The van der Waals surface area contributed by atoms with E-state index in [1.807, 2.05) is 6.92 Å². The summed E-state index contributed by atoms with van der Waals surface area (Å²) in [6.45, 7) is 9.65. The maximum absolute atomic E-state index is 11.7. The number of benzene rings is 1. The van der Waals surface area contributed by atoms with E-state index in [0.29, 0.717) is 25.4 Å². The van der Waals surface area contributed by atoms with E-state index in [4.69, 9.17) is 5.73 Å². The quantitative estimate of drug-likeness (QED) is 0.826. The molecule has 0 bridgehead atoms. The molecule has 1 amide bonds. The van der Waals surface area contributed by atoms with Crippen LogP contribution in [0.1, 0.15) is 35.6 Å². The first kappa shape index (κ1) is 15.7. The first-order valence-electron chi connectivity index (χ1n) is 6.97. The van der Waals surface area contributed by atoms with Crippen LogP contribution in [-0.4, -0.2) is 19.0 Å². The average Bonchev–Trinajstić information content (AvgIpc) is 2.38. The third-order valence-corrected chi connectivity index (χ3v) is 3.62. The van der Waals surface area contributed by atoms with Crippen molar-refractivity contribution in [1.29, 1.82) is 0 Å². The van der Waals surface area contributed by atoms with Gasteiger partial charge in [-0.2, -0.15) is 0 Å². The Morgan fingerprint density at radius 2 is 1.84 bits per heavy atom. The molecule has 1 unspecified atom stereocenters. The lowest BCUT2D eigenvalue weighted by Gasteiger charge is -2.12. The van der Waals surface area contributed by atoms with Gasteiger partial charge >= 0.3 is 0 Å². The molecule has 0 aliphatic carbocycles. The summed E-state index contributed by atoms with van der Waals surface area (Å²) in [6.07, 6.45) is 1.34. The van der Waals surface area contributed by atoms with Gasteiger partial charge in [0.05, 0.1) is 0 Å². The summed E-state index contributed by atoms with van der Waals surface area (Å²) < 4.78 is 0. The van der Waals surface area contributed by atoms with Crippen LogP contribution in [-0.2, 0) is 11.2 Å². The number of hydrogen-bond acceptors (Lipinski definition) is 2. The molecule has 0 aliphatic rings. The van der Waals surface area contributed by atoms with Crippen molar-refractivity contribution in [3.05, 3.63) is 34.4 Å². The molecular weight excluding hydrogens is 236 g/mol. The van der Waals surface area contributed by atoms with Crippen LogP contribution in [0.5, 0.6) is 0 Å². The first-order valence-corrected chi connectivity index (χ1v) is 6.97. The summed E-state index contributed by atoms with van der Waals surface area (Å²) in [5.74, 6) is 0.449. The zero-order valence-corrected chi connectivity index (χ0v) is 12.5. The molecule has 106 valence electrons. The first-order chi connectivity index (χ1) is 8.93. The number of nitrogens with one attached hydrogen (secondary N) is 1. The molecule has 19 heavy (non-hydrogen) atoms. The van der Waals surface area contributed by atoms with Gasteiger partial charge < -0.3 is 11.1 Å². The van der Waals surface area contributed by atoms with Crippen molar-refractivity contribution in [2.45, 2.75) is 40.5 Å². The van der Waals surface area contributed by atoms with Crippen LogP contribution < -0.4 is 11.1 Å². The van der Waals surface area contributed by atoms with Crippen molar-refractivity contribution in [3.63, 3.8) is 0 Å². The van der Waals surface area contributed by atoms with Crippen LogP contribution in [0.25, 0.3) is 0 Å². The Bertz CT molecular complexity index is 441. The molecule has 1 atom stereocenters. The summed E-state index contributed by atoms with van der Waals surface area (Å²) in [7, 11) is 0. The van der Waals surface area contributed by atoms with Crippen LogP contribution in [0.4, 0.5) is 0 Å². The van der Waals surface area contributed by atoms with Crippen LogP contribution in [0.15, 0.2) is 12.1 Å². The number of hydrogen-bond donors (Lipinski definition) is 2. The van der Waals surface area contributed by atoms with Gasteiger partial charge in [-0.05, 0) is 61.9 Å².